The molecule has 0 saturated heterocycles. The van der Waals surface area contributed by atoms with Crippen LogP contribution in [0.5, 0.6) is 5.75 Å². The molecule has 0 aliphatic rings. The molecule has 1 N–H and O–H groups in total. The first kappa shape index (κ1) is 23.7. The summed E-state index contributed by atoms with van der Waals surface area (Å²) in [5, 5.41) is 3.48. The number of aryl methyl sites for hydroxylation is 1. The van der Waals surface area contributed by atoms with Crippen LogP contribution in [0.25, 0.3) is 0 Å². The van der Waals surface area contributed by atoms with Gasteiger partial charge in [0.1, 0.15) is 12.4 Å². The van der Waals surface area contributed by atoms with E-state index in [1.54, 1.807) is 0 Å². The Bertz CT molecular complexity index is 589. The summed E-state index contributed by atoms with van der Waals surface area (Å²) >= 11 is 0. The molecule has 5 heteroatoms. The van der Waals surface area contributed by atoms with Crippen LogP contribution in [0.1, 0.15) is 23.1 Å². The lowest BCUT2D eigenvalue weighted by Crippen LogP contribution is -2.20. The lowest BCUT2D eigenvalue weighted by molar-refractivity contribution is 0.306. The van der Waals surface area contributed by atoms with Crippen LogP contribution in [0.3, 0.4) is 0 Å². The fourth-order valence-electron chi connectivity index (χ4n) is 2.35. The maximum Gasteiger partial charge on any atom is 0.120 e. The number of ether oxygens (including phenoxy) is 1. The van der Waals surface area contributed by atoms with Gasteiger partial charge in [0.25, 0.3) is 0 Å². The van der Waals surface area contributed by atoms with Crippen LogP contribution in [0.4, 0.5) is 0 Å². The van der Waals surface area contributed by atoms with Gasteiger partial charge < -0.3 is 15.0 Å². The number of nitrogens with zero attached hydrogens (tertiary/aromatic N) is 1. The fourth-order valence-corrected chi connectivity index (χ4v) is 2.35. The quantitative estimate of drug-likeness (QED) is 0.645. The highest BCUT2D eigenvalue weighted by atomic mass is 35.5. The van der Waals surface area contributed by atoms with Crippen molar-refractivity contribution in [3.8, 4) is 5.75 Å². The molecule has 0 aliphatic heterocycles. The van der Waals surface area contributed by atoms with Gasteiger partial charge in [-0.1, -0.05) is 42.0 Å². The zero-order chi connectivity index (χ0) is 16.5. The molecule has 0 aromatic heterocycles. The predicted octanol–water partition coefficient (Wildman–Crippen LogP) is 4.46. The molecule has 0 fully saturated rings. The van der Waals surface area contributed by atoms with E-state index in [1.807, 2.05) is 6.07 Å². The lowest BCUT2D eigenvalue weighted by atomic mass is 10.2. The van der Waals surface area contributed by atoms with Gasteiger partial charge in [0.2, 0.25) is 0 Å². The normalized spacial score (nSPS) is 10.1. The summed E-state index contributed by atoms with van der Waals surface area (Å²) in [4.78, 5) is 2.21. The average Bonchev–Trinajstić information content (AvgIpc) is 2.54. The summed E-state index contributed by atoms with van der Waals surface area (Å²) in [7, 11) is 4.21. The van der Waals surface area contributed by atoms with E-state index in [0.29, 0.717) is 6.61 Å². The third-order valence-electron chi connectivity index (χ3n) is 3.71. The molecule has 0 bridgehead atoms. The number of halogens is 2. The fraction of sp³-hybridized carbons (Fsp3) is 0.400. The van der Waals surface area contributed by atoms with Gasteiger partial charge in [-0.25, -0.2) is 0 Å². The van der Waals surface area contributed by atoms with Crippen molar-refractivity contribution in [3.63, 3.8) is 0 Å². The molecule has 2 rings (SSSR count). The van der Waals surface area contributed by atoms with E-state index in [1.165, 1.54) is 16.7 Å². The van der Waals surface area contributed by atoms with Gasteiger partial charge in [-0.15, -0.1) is 24.8 Å². The van der Waals surface area contributed by atoms with Crippen molar-refractivity contribution in [1.29, 1.82) is 0 Å². The van der Waals surface area contributed by atoms with Crippen molar-refractivity contribution < 1.29 is 4.74 Å². The van der Waals surface area contributed by atoms with Crippen molar-refractivity contribution in [2.24, 2.45) is 0 Å². The summed E-state index contributed by atoms with van der Waals surface area (Å²) in [6.07, 6.45) is 1.16. The molecule has 0 saturated carbocycles. The van der Waals surface area contributed by atoms with Crippen molar-refractivity contribution in [1.82, 2.24) is 10.2 Å². The maximum atomic E-state index is 5.90. The Morgan fingerprint density at radius 1 is 0.960 bits per heavy atom. The van der Waals surface area contributed by atoms with Crippen LogP contribution in [-0.4, -0.2) is 32.1 Å². The minimum Gasteiger partial charge on any atom is -0.489 e. The van der Waals surface area contributed by atoms with Crippen molar-refractivity contribution in [3.05, 3.63) is 65.2 Å². The Kier molecular flexibility index (Phi) is 12.4. The topological polar surface area (TPSA) is 24.5 Å². The minimum atomic E-state index is 0. The van der Waals surface area contributed by atoms with Gasteiger partial charge in [0.05, 0.1) is 0 Å². The van der Waals surface area contributed by atoms with E-state index >= 15 is 0 Å². The predicted molar refractivity (Wildman–Crippen MR) is 111 cm³/mol. The Labute approximate surface area is 164 Å². The molecule has 0 atom stereocenters. The zero-order valence-electron chi connectivity index (χ0n) is 15.3. The van der Waals surface area contributed by atoms with Crippen molar-refractivity contribution in [2.45, 2.75) is 26.5 Å². The lowest BCUT2D eigenvalue weighted by Gasteiger charge is -2.11. The second-order valence-corrected chi connectivity index (χ2v) is 6.26. The van der Waals surface area contributed by atoms with Gasteiger partial charge in [-0.3, -0.25) is 0 Å². The van der Waals surface area contributed by atoms with Crippen molar-refractivity contribution in [2.75, 3.05) is 27.2 Å². The molecule has 25 heavy (non-hydrogen) atoms. The second-order valence-electron chi connectivity index (χ2n) is 6.26. The van der Waals surface area contributed by atoms with Gasteiger partial charge in [-0.05, 0) is 63.8 Å². The van der Waals surface area contributed by atoms with E-state index in [-0.39, 0.29) is 24.8 Å². The molecule has 2 aromatic rings. The molecule has 3 nitrogen and oxygen atoms in total. The third-order valence-corrected chi connectivity index (χ3v) is 3.71. The average molecular weight is 385 g/mol. The summed E-state index contributed by atoms with van der Waals surface area (Å²) in [5.74, 6) is 0.929. The summed E-state index contributed by atoms with van der Waals surface area (Å²) in [6, 6.07) is 16.8. The second kappa shape index (κ2) is 13.0. The molecule has 2 aromatic carbocycles. The first-order valence-corrected chi connectivity index (χ1v) is 8.26. The number of hydrogen-bond donors (Lipinski definition) is 1. The van der Waals surface area contributed by atoms with Crippen LogP contribution in [0.2, 0.25) is 0 Å². The third kappa shape index (κ3) is 9.71. The Morgan fingerprint density at radius 3 is 2.36 bits per heavy atom. The molecule has 0 spiro atoms. The molecule has 0 heterocycles. The molecular formula is C20H30Cl2N2O. The molecule has 0 radical (unpaired) electrons. The Morgan fingerprint density at radius 2 is 1.68 bits per heavy atom. The minimum absolute atomic E-state index is 0. The van der Waals surface area contributed by atoms with E-state index in [2.05, 4.69) is 73.7 Å². The van der Waals surface area contributed by atoms with Crippen molar-refractivity contribution >= 4 is 24.8 Å². The Hall–Kier alpha value is -1.26. The van der Waals surface area contributed by atoms with E-state index in [4.69, 9.17) is 4.74 Å². The van der Waals surface area contributed by atoms with Gasteiger partial charge in [0.15, 0.2) is 0 Å². The summed E-state index contributed by atoms with van der Waals surface area (Å²) < 4.78 is 5.90. The van der Waals surface area contributed by atoms with Crippen LogP contribution < -0.4 is 10.1 Å². The first-order chi connectivity index (χ1) is 11.1. The number of hydrogen-bond acceptors (Lipinski definition) is 3. The summed E-state index contributed by atoms with van der Waals surface area (Å²) in [6.45, 7) is 5.74. The highest BCUT2D eigenvalue weighted by Gasteiger charge is 1.99. The zero-order valence-corrected chi connectivity index (χ0v) is 17.0. The number of nitrogens with one attached hydrogen (secondary N) is 1. The van der Waals surface area contributed by atoms with E-state index < -0.39 is 0 Å². The summed E-state index contributed by atoms with van der Waals surface area (Å²) in [5.41, 5.74) is 3.73. The first-order valence-electron chi connectivity index (χ1n) is 8.26. The molecule has 140 valence electrons. The molecule has 0 unspecified atom stereocenters. The van der Waals surface area contributed by atoms with Gasteiger partial charge in [0, 0.05) is 6.54 Å². The maximum absolute atomic E-state index is 5.90. The highest BCUT2D eigenvalue weighted by Crippen LogP contribution is 2.15. The van der Waals surface area contributed by atoms with Crippen LogP contribution in [0.15, 0.2) is 48.5 Å². The van der Waals surface area contributed by atoms with Gasteiger partial charge >= 0.3 is 0 Å². The SMILES string of the molecule is Cc1ccc(COc2cccc(CNCCCN(C)C)c2)cc1.Cl.Cl. The monoisotopic (exact) mass is 384 g/mol. The smallest absolute Gasteiger partial charge is 0.120 e. The number of benzene rings is 2. The van der Waals surface area contributed by atoms with E-state index in [0.717, 1.165) is 31.8 Å². The van der Waals surface area contributed by atoms with Gasteiger partial charge in [-0.2, -0.15) is 0 Å². The Balaban J connectivity index is 0.00000288. The number of rotatable bonds is 9. The van der Waals surface area contributed by atoms with E-state index in [9.17, 15) is 0 Å². The molecule has 0 aliphatic carbocycles. The largest absolute Gasteiger partial charge is 0.489 e. The standard InChI is InChI=1S/C20H28N2O.2ClH/c1-17-8-10-18(11-9-17)16-23-20-7-4-6-19(14-20)15-21-12-5-13-22(2)3;;/h4,6-11,14,21H,5,12-13,15-16H2,1-3H3;2*1H. The van der Waals surface area contributed by atoms with Crippen LogP contribution in [0, 0.1) is 6.92 Å². The van der Waals surface area contributed by atoms with Crippen LogP contribution >= 0.6 is 24.8 Å². The highest BCUT2D eigenvalue weighted by molar-refractivity contribution is 5.85. The molecular weight excluding hydrogens is 355 g/mol. The molecule has 0 amide bonds. The van der Waals surface area contributed by atoms with Crippen LogP contribution in [-0.2, 0) is 13.2 Å².